The number of carbonyl (C=O) groups excluding carboxylic acids is 1. The molecule has 0 saturated heterocycles. The monoisotopic (exact) mass is 354 g/mol. The van der Waals surface area contributed by atoms with E-state index >= 15 is 0 Å². The van der Waals surface area contributed by atoms with Gasteiger partial charge in [-0.3, -0.25) is 4.68 Å². The van der Waals surface area contributed by atoms with E-state index in [4.69, 9.17) is 4.74 Å². The van der Waals surface area contributed by atoms with E-state index < -0.39 is 0 Å². The summed E-state index contributed by atoms with van der Waals surface area (Å²) in [6.07, 6.45) is 11.0. The minimum atomic E-state index is -0.172. The number of urea groups is 1. The molecule has 1 heterocycles. The third kappa shape index (κ3) is 4.36. The maximum absolute atomic E-state index is 12.3. The highest BCUT2D eigenvalue weighted by Crippen LogP contribution is 2.46. The van der Waals surface area contributed by atoms with Gasteiger partial charge in [-0.05, 0) is 56.7 Å². The number of hydrogen-bond acceptors (Lipinski definition) is 3. The number of hydrogen-bond donors (Lipinski definition) is 2. The van der Waals surface area contributed by atoms with Gasteiger partial charge in [-0.1, -0.05) is 6.07 Å². The Balaban J connectivity index is 1.26. The molecule has 0 radical (unpaired) electrons. The Morgan fingerprint density at radius 3 is 2.85 bits per heavy atom. The Bertz CT molecular complexity index is 734. The van der Waals surface area contributed by atoms with E-state index in [1.807, 2.05) is 41.2 Å². The lowest BCUT2D eigenvalue weighted by atomic mass is 10.1. The van der Waals surface area contributed by atoms with Gasteiger partial charge in [0.1, 0.15) is 5.75 Å². The second-order valence-electron chi connectivity index (χ2n) is 7.56. The molecule has 2 saturated carbocycles. The molecular formula is C20H26N4O2. The molecule has 2 N–H and O–H groups in total. The summed E-state index contributed by atoms with van der Waals surface area (Å²) < 4.78 is 7.94. The van der Waals surface area contributed by atoms with E-state index in [0.717, 1.165) is 43.7 Å². The molecule has 138 valence electrons. The van der Waals surface area contributed by atoms with Crippen LogP contribution >= 0.6 is 0 Å². The molecule has 1 aromatic carbocycles. The lowest BCUT2D eigenvalue weighted by Crippen LogP contribution is -2.35. The van der Waals surface area contributed by atoms with Gasteiger partial charge in [0.15, 0.2) is 0 Å². The molecule has 4 rings (SSSR count). The predicted molar refractivity (Wildman–Crippen MR) is 100 cm³/mol. The highest BCUT2D eigenvalue weighted by Gasteiger charge is 2.43. The molecule has 2 aromatic rings. The molecule has 2 amide bonds. The Morgan fingerprint density at radius 2 is 2.12 bits per heavy atom. The van der Waals surface area contributed by atoms with Crippen molar-refractivity contribution in [3.8, 4) is 5.75 Å². The van der Waals surface area contributed by atoms with Gasteiger partial charge in [-0.25, -0.2) is 4.79 Å². The third-order valence-corrected chi connectivity index (χ3v) is 5.33. The number of benzene rings is 1. The molecule has 0 aliphatic heterocycles. The zero-order valence-corrected chi connectivity index (χ0v) is 15.0. The normalized spacial score (nSPS) is 18.5. The maximum Gasteiger partial charge on any atom is 0.319 e. The topological polar surface area (TPSA) is 68.2 Å². The number of nitrogens with zero attached hydrogens (tertiary/aromatic N) is 2. The van der Waals surface area contributed by atoms with Crippen molar-refractivity contribution in [2.24, 2.45) is 5.41 Å². The summed E-state index contributed by atoms with van der Waals surface area (Å²) in [7, 11) is 0. The van der Waals surface area contributed by atoms with Crippen LogP contribution in [0.3, 0.4) is 0 Å². The van der Waals surface area contributed by atoms with E-state index in [9.17, 15) is 4.79 Å². The number of nitrogens with one attached hydrogen (secondary N) is 2. The number of ether oxygens (including phenoxy) is 1. The van der Waals surface area contributed by atoms with Crippen LogP contribution in [0.4, 0.5) is 10.5 Å². The van der Waals surface area contributed by atoms with Gasteiger partial charge in [0.25, 0.3) is 0 Å². The van der Waals surface area contributed by atoms with Crippen molar-refractivity contribution in [1.82, 2.24) is 15.1 Å². The van der Waals surface area contributed by atoms with Crippen LogP contribution in [-0.2, 0) is 6.54 Å². The highest BCUT2D eigenvalue weighted by molar-refractivity contribution is 5.89. The minimum Gasteiger partial charge on any atom is -0.490 e. The molecule has 2 aliphatic rings. The van der Waals surface area contributed by atoms with E-state index in [1.165, 1.54) is 12.8 Å². The number of anilines is 1. The molecule has 0 atom stereocenters. The average molecular weight is 354 g/mol. The van der Waals surface area contributed by atoms with Gasteiger partial charge in [-0.15, -0.1) is 0 Å². The summed E-state index contributed by atoms with van der Waals surface area (Å²) in [4.78, 5) is 12.3. The fourth-order valence-electron chi connectivity index (χ4n) is 3.59. The fourth-order valence-corrected chi connectivity index (χ4v) is 3.59. The fraction of sp³-hybridized carbons (Fsp3) is 0.500. The standard InChI is InChI=1S/C20H26N4O2/c25-19(21-14-20(9-10-20)15-24-12-4-11-22-24)23-16-5-3-8-18(13-16)26-17-6-1-2-7-17/h3-5,8,11-13,17H,1-2,6-7,9-10,14-15H2,(H2,21,23,25). The maximum atomic E-state index is 12.3. The Hall–Kier alpha value is -2.50. The summed E-state index contributed by atoms with van der Waals surface area (Å²) in [5.41, 5.74) is 0.909. The van der Waals surface area contributed by atoms with Crippen LogP contribution in [0, 0.1) is 5.41 Å². The molecule has 6 nitrogen and oxygen atoms in total. The number of rotatable bonds is 7. The van der Waals surface area contributed by atoms with Crippen LogP contribution < -0.4 is 15.4 Å². The van der Waals surface area contributed by atoms with Gasteiger partial charge in [-0.2, -0.15) is 5.10 Å². The average Bonchev–Trinajstić information content (AvgIpc) is 3.01. The Labute approximate surface area is 153 Å². The predicted octanol–water partition coefficient (Wildman–Crippen LogP) is 3.81. The second-order valence-corrected chi connectivity index (χ2v) is 7.56. The highest BCUT2D eigenvalue weighted by atomic mass is 16.5. The molecule has 0 bridgehead atoms. The molecule has 1 aromatic heterocycles. The van der Waals surface area contributed by atoms with Crippen LogP contribution in [0.5, 0.6) is 5.75 Å². The molecular weight excluding hydrogens is 328 g/mol. The van der Waals surface area contributed by atoms with Crippen molar-refractivity contribution in [2.75, 3.05) is 11.9 Å². The zero-order valence-electron chi connectivity index (χ0n) is 15.0. The van der Waals surface area contributed by atoms with Gasteiger partial charge in [0, 0.05) is 42.7 Å². The largest absolute Gasteiger partial charge is 0.490 e. The van der Waals surface area contributed by atoms with Gasteiger partial charge in [0.05, 0.1) is 6.10 Å². The number of amides is 2. The van der Waals surface area contributed by atoms with Crippen molar-refractivity contribution in [2.45, 2.75) is 51.2 Å². The van der Waals surface area contributed by atoms with Crippen LogP contribution in [-0.4, -0.2) is 28.5 Å². The van der Waals surface area contributed by atoms with Crippen molar-refractivity contribution in [1.29, 1.82) is 0 Å². The summed E-state index contributed by atoms with van der Waals surface area (Å²) in [5, 5.41) is 10.2. The van der Waals surface area contributed by atoms with Crippen molar-refractivity contribution in [3.05, 3.63) is 42.7 Å². The first kappa shape index (κ1) is 16.9. The summed E-state index contributed by atoms with van der Waals surface area (Å²) in [6.45, 7) is 1.52. The summed E-state index contributed by atoms with van der Waals surface area (Å²) in [6, 6.07) is 9.41. The van der Waals surface area contributed by atoms with E-state index in [-0.39, 0.29) is 11.4 Å². The van der Waals surface area contributed by atoms with E-state index in [2.05, 4.69) is 15.7 Å². The molecule has 0 unspecified atom stereocenters. The van der Waals surface area contributed by atoms with Crippen molar-refractivity contribution >= 4 is 11.7 Å². The molecule has 2 fully saturated rings. The van der Waals surface area contributed by atoms with Crippen LogP contribution in [0.2, 0.25) is 0 Å². The zero-order chi connectivity index (χ0) is 17.8. The summed E-state index contributed by atoms with van der Waals surface area (Å²) >= 11 is 0. The van der Waals surface area contributed by atoms with E-state index in [1.54, 1.807) is 6.20 Å². The van der Waals surface area contributed by atoms with E-state index in [0.29, 0.717) is 12.6 Å². The molecule has 0 spiro atoms. The molecule has 26 heavy (non-hydrogen) atoms. The van der Waals surface area contributed by atoms with Gasteiger partial charge < -0.3 is 15.4 Å². The van der Waals surface area contributed by atoms with Crippen LogP contribution in [0.25, 0.3) is 0 Å². The number of carbonyl (C=O) groups is 1. The first-order chi connectivity index (χ1) is 12.7. The van der Waals surface area contributed by atoms with Crippen LogP contribution in [0.1, 0.15) is 38.5 Å². The number of aromatic nitrogens is 2. The minimum absolute atomic E-state index is 0.150. The van der Waals surface area contributed by atoms with Crippen LogP contribution in [0.15, 0.2) is 42.7 Å². The van der Waals surface area contributed by atoms with Crippen molar-refractivity contribution in [3.63, 3.8) is 0 Å². The molecule has 6 heteroatoms. The second kappa shape index (κ2) is 7.40. The quantitative estimate of drug-likeness (QED) is 0.794. The first-order valence-corrected chi connectivity index (χ1v) is 9.50. The lowest BCUT2D eigenvalue weighted by Gasteiger charge is -2.17. The third-order valence-electron chi connectivity index (χ3n) is 5.33. The lowest BCUT2D eigenvalue weighted by molar-refractivity contribution is 0.210. The summed E-state index contributed by atoms with van der Waals surface area (Å²) in [5.74, 6) is 0.826. The first-order valence-electron chi connectivity index (χ1n) is 9.50. The van der Waals surface area contributed by atoms with Gasteiger partial charge in [0.2, 0.25) is 0 Å². The van der Waals surface area contributed by atoms with Gasteiger partial charge >= 0.3 is 6.03 Å². The Morgan fingerprint density at radius 1 is 1.27 bits per heavy atom. The molecule has 2 aliphatic carbocycles. The smallest absolute Gasteiger partial charge is 0.319 e. The van der Waals surface area contributed by atoms with Crippen molar-refractivity contribution < 1.29 is 9.53 Å². The SMILES string of the molecule is O=C(NCC1(Cn2cccn2)CC1)Nc1cccc(OC2CCCC2)c1. The Kier molecular flexibility index (Phi) is 4.82.